The molecule has 1 unspecified atom stereocenters. The summed E-state index contributed by atoms with van der Waals surface area (Å²) in [7, 11) is 0. The minimum absolute atomic E-state index is 0.144. The Morgan fingerprint density at radius 3 is 2.93 bits per heavy atom. The van der Waals surface area contributed by atoms with Gasteiger partial charge in [0.25, 0.3) is 0 Å². The monoisotopic (exact) mass is 231 g/mol. The molecule has 2 nitrogen and oxygen atoms in total. The predicted octanol–water partition coefficient (Wildman–Crippen LogP) is 2.34. The number of aliphatic hydroxyl groups excluding tert-OH is 1. The van der Waals surface area contributed by atoms with Gasteiger partial charge in [-0.15, -0.1) is 0 Å². The number of benzene rings is 1. The zero-order chi connectivity index (χ0) is 11.3. The number of halogens is 2. The van der Waals surface area contributed by atoms with Crippen LogP contribution in [0.15, 0.2) is 18.2 Å². The second-order valence-electron chi connectivity index (χ2n) is 3.51. The molecule has 0 spiro atoms. The molecule has 0 bridgehead atoms. The van der Waals surface area contributed by atoms with Crippen molar-refractivity contribution in [1.82, 2.24) is 5.32 Å². The summed E-state index contributed by atoms with van der Waals surface area (Å²) in [5.41, 5.74) is 0.737. The molecule has 15 heavy (non-hydrogen) atoms. The van der Waals surface area contributed by atoms with Crippen molar-refractivity contribution >= 4 is 11.6 Å². The van der Waals surface area contributed by atoms with Gasteiger partial charge in [-0.2, -0.15) is 0 Å². The molecule has 0 aliphatic carbocycles. The van der Waals surface area contributed by atoms with Crippen LogP contribution in [0, 0.1) is 5.82 Å². The van der Waals surface area contributed by atoms with Crippen LogP contribution in [0.4, 0.5) is 4.39 Å². The number of hydrogen-bond acceptors (Lipinski definition) is 2. The maximum atomic E-state index is 13.1. The molecule has 2 N–H and O–H groups in total. The minimum Gasteiger partial charge on any atom is -0.396 e. The first-order valence-electron chi connectivity index (χ1n) is 4.92. The van der Waals surface area contributed by atoms with Crippen LogP contribution >= 0.6 is 11.6 Å². The summed E-state index contributed by atoms with van der Waals surface area (Å²) < 4.78 is 13.1. The summed E-state index contributed by atoms with van der Waals surface area (Å²) in [5, 5.41) is 12.0. The van der Waals surface area contributed by atoms with Crippen molar-refractivity contribution in [3.05, 3.63) is 34.6 Å². The van der Waals surface area contributed by atoms with Crippen LogP contribution in [0.5, 0.6) is 0 Å². The lowest BCUT2D eigenvalue weighted by Crippen LogP contribution is -2.26. The van der Waals surface area contributed by atoms with Crippen LogP contribution in [0.3, 0.4) is 0 Å². The Labute approximate surface area is 94.1 Å². The Morgan fingerprint density at radius 1 is 1.53 bits per heavy atom. The lowest BCUT2D eigenvalue weighted by molar-refractivity contribution is 0.268. The van der Waals surface area contributed by atoms with Crippen LogP contribution in [0.1, 0.15) is 18.9 Å². The van der Waals surface area contributed by atoms with Gasteiger partial charge in [-0.1, -0.05) is 23.7 Å². The highest BCUT2D eigenvalue weighted by atomic mass is 35.5. The summed E-state index contributed by atoms with van der Waals surface area (Å²) in [6.45, 7) is 2.62. The first-order chi connectivity index (χ1) is 7.15. The molecular weight excluding hydrogens is 217 g/mol. The zero-order valence-corrected chi connectivity index (χ0v) is 9.39. The molecular formula is C11H15ClFNO. The largest absolute Gasteiger partial charge is 0.396 e. The minimum atomic E-state index is -0.397. The average molecular weight is 232 g/mol. The molecule has 0 aliphatic rings. The number of hydrogen-bond donors (Lipinski definition) is 2. The van der Waals surface area contributed by atoms with Crippen molar-refractivity contribution in [3.63, 3.8) is 0 Å². The Kier molecular flexibility index (Phi) is 5.02. The van der Waals surface area contributed by atoms with Gasteiger partial charge in [0.15, 0.2) is 0 Å². The van der Waals surface area contributed by atoms with Crippen molar-refractivity contribution < 1.29 is 9.50 Å². The maximum absolute atomic E-state index is 13.1. The van der Waals surface area contributed by atoms with Crippen molar-refractivity contribution in [1.29, 1.82) is 0 Å². The van der Waals surface area contributed by atoms with Crippen molar-refractivity contribution in [2.75, 3.05) is 6.61 Å². The van der Waals surface area contributed by atoms with Crippen LogP contribution in [0.25, 0.3) is 0 Å². The fourth-order valence-electron chi connectivity index (χ4n) is 1.26. The molecule has 0 heterocycles. The van der Waals surface area contributed by atoms with Gasteiger partial charge in [-0.05, 0) is 25.0 Å². The summed E-state index contributed by atoms with van der Waals surface area (Å²) >= 11 is 5.79. The summed E-state index contributed by atoms with van der Waals surface area (Å²) in [6, 6.07) is 4.94. The van der Waals surface area contributed by atoms with E-state index >= 15 is 0 Å². The van der Waals surface area contributed by atoms with E-state index in [9.17, 15) is 4.39 Å². The highest BCUT2D eigenvalue weighted by Crippen LogP contribution is 2.19. The second kappa shape index (κ2) is 6.05. The highest BCUT2D eigenvalue weighted by Gasteiger charge is 2.06. The van der Waals surface area contributed by atoms with Crippen molar-refractivity contribution in [3.8, 4) is 0 Å². The normalized spacial score (nSPS) is 12.8. The molecule has 1 aromatic carbocycles. The van der Waals surface area contributed by atoms with E-state index < -0.39 is 5.82 Å². The van der Waals surface area contributed by atoms with Crippen LogP contribution in [-0.2, 0) is 6.54 Å². The molecule has 0 amide bonds. The highest BCUT2D eigenvalue weighted by molar-refractivity contribution is 6.31. The van der Waals surface area contributed by atoms with Crippen LogP contribution in [-0.4, -0.2) is 17.8 Å². The SMILES string of the molecule is CC(CCO)NCc1cccc(F)c1Cl. The van der Waals surface area contributed by atoms with E-state index in [4.69, 9.17) is 16.7 Å². The smallest absolute Gasteiger partial charge is 0.142 e. The van der Waals surface area contributed by atoms with E-state index in [1.807, 2.05) is 6.92 Å². The van der Waals surface area contributed by atoms with E-state index in [-0.39, 0.29) is 17.7 Å². The van der Waals surface area contributed by atoms with Gasteiger partial charge in [0.05, 0.1) is 5.02 Å². The molecule has 1 rings (SSSR count). The van der Waals surface area contributed by atoms with Gasteiger partial charge in [-0.3, -0.25) is 0 Å². The third-order valence-electron chi connectivity index (χ3n) is 2.23. The Balaban J connectivity index is 2.54. The van der Waals surface area contributed by atoms with Gasteiger partial charge in [0.2, 0.25) is 0 Å². The van der Waals surface area contributed by atoms with Gasteiger partial charge in [0.1, 0.15) is 5.82 Å². The molecule has 0 radical (unpaired) electrons. The van der Waals surface area contributed by atoms with Crippen LogP contribution in [0.2, 0.25) is 5.02 Å². The lowest BCUT2D eigenvalue weighted by Gasteiger charge is -2.13. The third kappa shape index (κ3) is 3.78. The summed E-state index contributed by atoms with van der Waals surface area (Å²) in [5.74, 6) is -0.397. The average Bonchev–Trinajstić information content (AvgIpc) is 2.21. The zero-order valence-electron chi connectivity index (χ0n) is 8.63. The molecule has 1 aromatic rings. The molecule has 0 aliphatic heterocycles. The van der Waals surface area contributed by atoms with Gasteiger partial charge in [0, 0.05) is 19.2 Å². The van der Waals surface area contributed by atoms with E-state index in [1.165, 1.54) is 6.07 Å². The Bertz CT molecular complexity index is 319. The van der Waals surface area contributed by atoms with Crippen LogP contribution < -0.4 is 5.32 Å². The number of aliphatic hydroxyl groups is 1. The number of rotatable bonds is 5. The standard InChI is InChI=1S/C11H15ClFNO/c1-8(5-6-15)14-7-9-3-2-4-10(13)11(9)12/h2-4,8,14-15H,5-7H2,1H3. The molecule has 4 heteroatoms. The fraction of sp³-hybridized carbons (Fsp3) is 0.455. The first kappa shape index (κ1) is 12.4. The van der Waals surface area contributed by atoms with Gasteiger partial charge >= 0.3 is 0 Å². The Morgan fingerprint density at radius 2 is 2.27 bits per heavy atom. The van der Waals surface area contributed by atoms with Gasteiger partial charge in [-0.25, -0.2) is 4.39 Å². The van der Waals surface area contributed by atoms with E-state index in [1.54, 1.807) is 12.1 Å². The fourth-order valence-corrected chi connectivity index (χ4v) is 1.46. The number of nitrogens with one attached hydrogen (secondary N) is 1. The molecule has 0 fully saturated rings. The second-order valence-corrected chi connectivity index (χ2v) is 3.89. The molecule has 0 saturated carbocycles. The molecule has 84 valence electrons. The summed E-state index contributed by atoms with van der Waals surface area (Å²) in [6.07, 6.45) is 0.674. The van der Waals surface area contributed by atoms with E-state index in [0.29, 0.717) is 13.0 Å². The lowest BCUT2D eigenvalue weighted by atomic mass is 10.2. The van der Waals surface area contributed by atoms with Crippen molar-refractivity contribution in [2.45, 2.75) is 25.9 Å². The van der Waals surface area contributed by atoms with E-state index in [0.717, 1.165) is 5.56 Å². The topological polar surface area (TPSA) is 32.3 Å². The quantitative estimate of drug-likeness (QED) is 0.815. The molecule has 1 atom stereocenters. The predicted molar refractivity (Wildman–Crippen MR) is 59.4 cm³/mol. The van der Waals surface area contributed by atoms with E-state index in [2.05, 4.69) is 5.32 Å². The maximum Gasteiger partial charge on any atom is 0.142 e. The van der Waals surface area contributed by atoms with Gasteiger partial charge < -0.3 is 10.4 Å². The molecule has 0 saturated heterocycles. The molecule has 0 aromatic heterocycles. The third-order valence-corrected chi connectivity index (χ3v) is 2.66. The summed E-state index contributed by atoms with van der Waals surface area (Å²) in [4.78, 5) is 0. The Hall–Kier alpha value is -0.640. The first-order valence-corrected chi connectivity index (χ1v) is 5.30. The van der Waals surface area contributed by atoms with Crippen molar-refractivity contribution in [2.24, 2.45) is 0 Å².